The molecule has 6 aromatic rings. The summed E-state index contributed by atoms with van der Waals surface area (Å²) >= 11 is 0. The fraction of sp³-hybridized carbons (Fsp3) is 0.462. The van der Waals surface area contributed by atoms with Crippen molar-refractivity contribution in [3.63, 3.8) is 0 Å². The summed E-state index contributed by atoms with van der Waals surface area (Å²) in [4.78, 5) is 20.6. The summed E-state index contributed by atoms with van der Waals surface area (Å²) in [6.07, 6.45) is 10.1. The molecule has 0 saturated heterocycles. The summed E-state index contributed by atoms with van der Waals surface area (Å²) in [7, 11) is 9.88. The fourth-order valence-electron chi connectivity index (χ4n) is 14.7. The smallest absolute Gasteiger partial charge is 0.164 e. The van der Waals surface area contributed by atoms with Crippen LogP contribution in [0.2, 0.25) is 0 Å². The molecule has 12 atom stereocenters. The van der Waals surface area contributed by atoms with E-state index in [2.05, 4.69) is 53.6 Å². The largest absolute Gasteiger partial charge is 0.508 e. The predicted molar refractivity (Wildman–Crippen MR) is 328 cm³/mol. The monoisotopic (exact) mass is 1170 g/mol. The third kappa shape index (κ3) is 11.0. The summed E-state index contributed by atoms with van der Waals surface area (Å²) < 4.78 is 19.5. The van der Waals surface area contributed by atoms with Crippen LogP contribution in [0.1, 0.15) is 101 Å². The summed E-state index contributed by atoms with van der Waals surface area (Å²) in [5.41, 5.74) is 5.16. The quantitative estimate of drug-likeness (QED) is 0.0451. The van der Waals surface area contributed by atoms with Crippen LogP contribution in [0.5, 0.6) is 28.7 Å². The van der Waals surface area contributed by atoms with E-state index in [4.69, 9.17) is 14.2 Å². The summed E-state index contributed by atoms with van der Waals surface area (Å²) in [6.45, 7) is 4.97. The minimum Gasteiger partial charge on any atom is -0.508 e. The first-order chi connectivity index (χ1) is 39.3. The van der Waals surface area contributed by atoms with Crippen LogP contribution in [0.25, 0.3) is 10.8 Å². The van der Waals surface area contributed by atoms with Gasteiger partial charge in [-0.1, -0.05) is 105 Å². The molecule has 8 N–H and O–H groups in total. The number of fused-ring (bicyclic) bond motifs is 5. The van der Waals surface area contributed by atoms with Crippen molar-refractivity contribution in [1.29, 1.82) is 0 Å². The van der Waals surface area contributed by atoms with Gasteiger partial charge in [0, 0.05) is 72.5 Å². The number of methoxy groups -OCH3 is 1. The van der Waals surface area contributed by atoms with E-state index in [9.17, 15) is 30.6 Å². The summed E-state index contributed by atoms with van der Waals surface area (Å²) in [5.74, 6) is -0.867. The number of hydrogen-bond donors (Lipinski definition) is 8. The molecule has 2 aliphatic heterocycles. The Hall–Kier alpha value is -4.75. The molecule has 4 bridgehead atoms. The highest BCUT2D eigenvalue weighted by Crippen LogP contribution is 2.58. The highest BCUT2D eigenvalue weighted by atomic mass is 33.1. The summed E-state index contributed by atoms with van der Waals surface area (Å²) in [6, 6.07) is 26.7. The van der Waals surface area contributed by atoms with E-state index in [1.165, 1.54) is 0 Å². The average molecular weight is 1170 g/mol. The molecule has 16 heteroatoms. The van der Waals surface area contributed by atoms with Gasteiger partial charge in [-0.2, -0.15) is 0 Å². The molecule has 430 valence electrons. The van der Waals surface area contributed by atoms with Crippen LogP contribution in [0.4, 0.5) is 0 Å². The van der Waals surface area contributed by atoms with Crippen LogP contribution >= 0.6 is 43.2 Å². The number of aromatic hydroxyl groups is 3. The number of Topliss-reactive ketones (excluding diaryl/α,β-unsaturated/α-hetero) is 1. The van der Waals surface area contributed by atoms with E-state index in [1.807, 2.05) is 62.8 Å². The molecule has 12 nitrogen and oxygen atoms in total. The van der Waals surface area contributed by atoms with Crippen molar-refractivity contribution in [2.24, 2.45) is 29.6 Å². The Balaban J connectivity index is 1.10. The van der Waals surface area contributed by atoms with Gasteiger partial charge in [0.1, 0.15) is 11.4 Å². The number of ketones is 1. The lowest BCUT2D eigenvalue weighted by molar-refractivity contribution is -0.150. The maximum Gasteiger partial charge on any atom is 0.164 e. The number of aromatic amines is 1. The van der Waals surface area contributed by atoms with Crippen molar-refractivity contribution < 1.29 is 49.6 Å². The number of phenolic OH excluding ortho intramolecular Hbond substituents is 3. The van der Waals surface area contributed by atoms with Gasteiger partial charge in [0.25, 0.3) is 0 Å². The number of aryl methyl sites for hydroxylation is 1. The highest BCUT2D eigenvalue weighted by molar-refractivity contribution is 8.77. The van der Waals surface area contributed by atoms with Gasteiger partial charge in [-0.15, -0.1) is 0 Å². The van der Waals surface area contributed by atoms with Gasteiger partial charge < -0.3 is 55.2 Å². The van der Waals surface area contributed by atoms with Gasteiger partial charge in [-0.3, -0.25) is 4.79 Å². The molecular weight excluding hydrogens is 1100 g/mol. The number of rotatable bonds is 11. The zero-order valence-corrected chi connectivity index (χ0v) is 49.8. The highest BCUT2D eigenvalue weighted by Gasteiger charge is 2.62. The van der Waals surface area contributed by atoms with Gasteiger partial charge in [-0.05, 0) is 174 Å². The Kier molecular flexibility index (Phi) is 17.8. The topological polar surface area (TPSA) is 194 Å². The van der Waals surface area contributed by atoms with Crippen molar-refractivity contribution in [1.82, 2.24) is 10.3 Å². The van der Waals surface area contributed by atoms with Crippen molar-refractivity contribution in [3.05, 3.63) is 160 Å². The normalized spacial score (nSPS) is 29.7. The van der Waals surface area contributed by atoms with E-state index < -0.39 is 46.9 Å². The van der Waals surface area contributed by atoms with Gasteiger partial charge in [0.2, 0.25) is 0 Å². The van der Waals surface area contributed by atoms with Gasteiger partial charge in [0.05, 0.1) is 42.7 Å². The number of ether oxygens (including phenoxy) is 3. The second-order valence-corrected chi connectivity index (χ2v) is 28.1. The maximum atomic E-state index is 17.3. The Labute approximate surface area is 491 Å². The van der Waals surface area contributed by atoms with Gasteiger partial charge in [-0.25, -0.2) is 0 Å². The van der Waals surface area contributed by atoms with Crippen molar-refractivity contribution in [2.75, 3.05) is 44.6 Å². The van der Waals surface area contributed by atoms with E-state index in [-0.39, 0.29) is 59.2 Å². The first-order valence-electron chi connectivity index (χ1n) is 28.7. The first kappa shape index (κ1) is 58.0. The second-order valence-electron chi connectivity index (χ2n) is 23.0. The van der Waals surface area contributed by atoms with Gasteiger partial charge >= 0.3 is 0 Å². The van der Waals surface area contributed by atoms with Crippen LogP contribution in [-0.4, -0.2) is 110 Å². The molecule has 2 fully saturated rings. The van der Waals surface area contributed by atoms with Crippen molar-refractivity contribution >= 4 is 59.7 Å². The number of carbonyl (C=O) groups excluding carboxylic acids is 1. The van der Waals surface area contributed by atoms with Crippen LogP contribution in [0.3, 0.4) is 0 Å². The molecule has 3 aliphatic carbocycles. The van der Waals surface area contributed by atoms with Crippen LogP contribution in [0.15, 0.2) is 109 Å². The zero-order valence-electron chi connectivity index (χ0n) is 46.5. The minimum absolute atomic E-state index is 0.00565. The Morgan fingerprint density at radius 1 is 0.877 bits per heavy atom. The number of phenols is 3. The molecule has 0 radical (unpaired) electrons. The van der Waals surface area contributed by atoms with E-state index >= 15 is 4.79 Å². The molecule has 0 amide bonds. The Morgan fingerprint density at radius 3 is 2.49 bits per heavy atom. The maximum absolute atomic E-state index is 17.3. The number of aromatic nitrogens is 1. The second kappa shape index (κ2) is 24.8. The van der Waals surface area contributed by atoms with Crippen LogP contribution < -0.4 is 14.8 Å². The minimum atomic E-state index is -1.75. The van der Waals surface area contributed by atoms with Crippen molar-refractivity contribution in [2.45, 2.75) is 112 Å². The van der Waals surface area contributed by atoms with E-state index in [1.54, 1.807) is 74.6 Å². The lowest BCUT2D eigenvalue weighted by Crippen LogP contribution is -2.62. The number of nitrogens with one attached hydrogen (secondary N) is 2. The zero-order chi connectivity index (χ0) is 56.6. The Bertz CT molecular complexity index is 3250. The Morgan fingerprint density at radius 2 is 1.72 bits per heavy atom. The molecular formula is C65H76N2O10S4. The summed E-state index contributed by atoms with van der Waals surface area (Å²) in [5, 5.41) is 79.0. The molecule has 1 spiro atoms. The SMILES string of the molecule is CCOC1C=CC23CC1CCC2CSSCC(C1(c2cc(O)cc(CNC)c2)C(=O)C2C(CSSC(CO)c4cccc5ccc(CC)c(c45)Cc4c(ccc(O)c4OC)CC(Cc4cc[nH]c4)C2O)CC1O)c1ccc(O)c(c1)O3. The molecule has 81 heavy (non-hydrogen) atoms. The molecule has 2 saturated carbocycles. The lowest BCUT2D eigenvalue weighted by atomic mass is 9.52. The van der Waals surface area contributed by atoms with Crippen LogP contribution in [0, 0.1) is 29.6 Å². The van der Waals surface area contributed by atoms with Crippen molar-refractivity contribution in [3.8, 4) is 28.7 Å². The van der Waals surface area contributed by atoms with E-state index in [0.717, 1.165) is 81.2 Å². The first-order valence-corrected chi connectivity index (χ1v) is 33.6. The molecule has 1 aromatic heterocycles. The predicted octanol–water partition coefficient (Wildman–Crippen LogP) is 11.5. The number of carbonyl (C=O) groups is 1. The standard InChI is InChI=1S/C65H76N2O10S4/c1-5-39-10-11-40-8-7-9-49-57(33-68)81-80-34-45-27-58(72)65(47-23-38(31-66-3)24-48(69)28-47,52-36-79-78-35-46-15-12-43-30-64(46,20-18-55(43)76-6-2)77-56-26-42(52)14-16-53(56)70)63(74)60(45)61(73)44(22-37-19-21-67-32-37)25-41-13-17-54(71)62(75-4)51(41)29-50(39)59(40)49/h7-11,13-14,16-21,23-24,26,28,32,43-46,52,55,57-58,60-61,66-73H,5-6,12,15,22,25,27,29-31,33-36H2,1-4H3. The molecule has 5 aromatic carbocycles. The third-order valence-electron chi connectivity index (χ3n) is 18.5. The number of hydrogen-bond acceptors (Lipinski definition) is 15. The molecule has 11 rings (SSSR count). The molecule has 3 heterocycles. The number of aliphatic hydroxyl groups is 3. The number of aliphatic hydroxyl groups excluding tert-OH is 3. The van der Waals surface area contributed by atoms with E-state index in [0.29, 0.717) is 66.5 Å². The number of benzene rings is 5. The number of H-pyrrole nitrogens is 1. The third-order valence-corrected chi connectivity index (χ3v) is 23.8. The van der Waals surface area contributed by atoms with Crippen LogP contribution in [-0.2, 0) is 47.2 Å². The molecule has 5 aliphatic rings. The van der Waals surface area contributed by atoms with Gasteiger partial charge in [0.15, 0.2) is 28.8 Å². The fourth-order valence-corrected chi connectivity index (χ4v) is 20.4. The lowest BCUT2D eigenvalue weighted by Gasteiger charge is -2.52. The molecule has 12 unspecified atom stereocenters. The average Bonchev–Trinajstić information content (AvgIpc) is 3.31.